The van der Waals surface area contributed by atoms with Crippen LogP contribution in [0, 0.1) is 10.1 Å². The van der Waals surface area contributed by atoms with Crippen LogP contribution in [0.4, 0.5) is 5.69 Å². The van der Waals surface area contributed by atoms with E-state index < -0.39 is 0 Å². The van der Waals surface area contributed by atoms with Crippen molar-refractivity contribution < 1.29 is 4.92 Å². The zero-order valence-corrected chi connectivity index (χ0v) is 11.8. The predicted octanol–water partition coefficient (Wildman–Crippen LogP) is 2.31. The van der Waals surface area contributed by atoms with Crippen LogP contribution in [0.1, 0.15) is 31.2 Å². The third-order valence-electron chi connectivity index (χ3n) is 4.83. The molecular formula is C15H21N3O2. The first kappa shape index (κ1) is 13.5. The molecule has 2 aliphatic rings. The van der Waals surface area contributed by atoms with Gasteiger partial charge in [-0.05, 0) is 32.7 Å². The number of nitrogens with zero attached hydrogens (tertiary/aromatic N) is 2. The van der Waals surface area contributed by atoms with Crippen molar-refractivity contribution in [2.45, 2.75) is 50.4 Å². The Morgan fingerprint density at radius 1 is 1.30 bits per heavy atom. The smallest absolute Gasteiger partial charge is 0.273 e. The fourth-order valence-electron chi connectivity index (χ4n) is 3.79. The third kappa shape index (κ3) is 2.43. The Labute approximate surface area is 119 Å². The molecule has 2 fully saturated rings. The topological polar surface area (TPSA) is 58.4 Å². The molecule has 0 aromatic heterocycles. The second-order valence-corrected chi connectivity index (χ2v) is 5.90. The highest BCUT2D eigenvalue weighted by atomic mass is 16.6. The van der Waals surface area contributed by atoms with Gasteiger partial charge >= 0.3 is 0 Å². The lowest BCUT2D eigenvalue weighted by Crippen LogP contribution is -2.47. The molecule has 0 radical (unpaired) electrons. The largest absolute Gasteiger partial charge is 0.317 e. The van der Waals surface area contributed by atoms with Crippen LogP contribution in [-0.2, 0) is 6.54 Å². The number of rotatable bonds is 4. The van der Waals surface area contributed by atoms with E-state index in [9.17, 15) is 10.1 Å². The minimum atomic E-state index is -0.266. The van der Waals surface area contributed by atoms with E-state index >= 15 is 0 Å². The molecule has 0 aliphatic carbocycles. The Kier molecular flexibility index (Phi) is 3.72. The molecule has 2 heterocycles. The van der Waals surface area contributed by atoms with E-state index in [4.69, 9.17) is 0 Å². The number of hydrogen-bond donors (Lipinski definition) is 1. The van der Waals surface area contributed by atoms with Gasteiger partial charge in [-0.3, -0.25) is 15.0 Å². The molecule has 2 bridgehead atoms. The monoisotopic (exact) mass is 275 g/mol. The van der Waals surface area contributed by atoms with Gasteiger partial charge in [-0.15, -0.1) is 0 Å². The molecule has 2 unspecified atom stereocenters. The third-order valence-corrected chi connectivity index (χ3v) is 4.83. The van der Waals surface area contributed by atoms with Gasteiger partial charge < -0.3 is 5.32 Å². The van der Waals surface area contributed by atoms with E-state index in [0.717, 1.165) is 18.4 Å². The molecule has 2 atom stereocenters. The van der Waals surface area contributed by atoms with Crippen LogP contribution in [0.2, 0.25) is 0 Å². The fraction of sp³-hybridized carbons (Fsp3) is 0.600. The first-order valence-electron chi connectivity index (χ1n) is 7.34. The summed E-state index contributed by atoms with van der Waals surface area (Å²) in [4.78, 5) is 13.3. The van der Waals surface area contributed by atoms with Crippen molar-refractivity contribution in [3.8, 4) is 0 Å². The summed E-state index contributed by atoms with van der Waals surface area (Å²) in [5.74, 6) is 0. The van der Waals surface area contributed by atoms with Crippen LogP contribution < -0.4 is 5.32 Å². The summed E-state index contributed by atoms with van der Waals surface area (Å²) in [5, 5.41) is 14.5. The van der Waals surface area contributed by atoms with Crippen LogP contribution in [0.15, 0.2) is 24.3 Å². The summed E-state index contributed by atoms with van der Waals surface area (Å²) >= 11 is 0. The first-order chi connectivity index (χ1) is 9.69. The van der Waals surface area contributed by atoms with E-state index in [0.29, 0.717) is 24.7 Å². The Morgan fingerprint density at radius 2 is 1.95 bits per heavy atom. The Hall–Kier alpha value is -1.46. The molecule has 1 aromatic rings. The normalized spacial score (nSPS) is 29.6. The van der Waals surface area contributed by atoms with Gasteiger partial charge in [-0.25, -0.2) is 0 Å². The summed E-state index contributed by atoms with van der Waals surface area (Å²) in [6.07, 6.45) is 4.77. The second kappa shape index (κ2) is 5.50. The van der Waals surface area contributed by atoms with Gasteiger partial charge in [0.25, 0.3) is 5.69 Å². The number of nitro benzene ring substituents is 1. The number of piperidine rings is 1. The highest BCUT2D eigenvalue weighted by Crippen LogP contribution is 2.37. The summed E-state index contributed by atoms with van der Waals surface area (Å²) in [6, 6.07) is 8.89. The van der Waals surface area contributed by atoms with Gasteiger partial charge in [0.15, 0.2) is 0 Å². The zero-order valence-electron chi connectivity index (χ0n) is 11.8. The molecule has 1 aromatic carbocycles. The van der Waals surface area contributed by atoms with Crippen molar-refractivity contribution in [3.05, 3.63) is 39.9 Å². The summed E-state index contributed by atoms with van der Waals surface area (Å²) in [5.41, 5.74) is 1.10. The van der Waals surface area contributed by atoms with E-state index in [1.807, 2.05) is 19.2 Å². The lowest BCUT2D eigenvalue weighted by atomic mass is 9.96. The molecule has 1 N–H and O–H groups in total. The summed E-state index contributed by atoms with van der Waals surface area (Å²) in [7, 11) is 2.03. The predicted molar refractivity (Wildman–Crippen MR) is 77.5 cm³/mol. The second-order valence-electron chi connectivity index (χ2n) is 5.90. The minimum absolute atomic E-state index is 0.252. The summed E-state index contributed by atoms with van der Waals surface area (Å²) < 4.78 is 0. The van der Waals surface area contributed by atoms with Crippen molar-refractivity contribution in [2.75, 3.05) is 7.05 Å². The lowest BCUT2D eigenvalue weighted by Gasteiger charge is -2.38. The number of para-hydroxylation sites is 1. The van der Waals surface area contributed by atoms with Crippen LogP contribution in [0.25, 0.3) is 0 Å². The van der Waals surface area contributed by atoms with Gasteiger partial charge in [0, 0.05) is 36.3 Å². The average molecular weight is 275 g/mol. The average Bonchev–Trinajstić information content (AvgIpc) is 2.70. The number of nitro groups is 1. The van der Waals surface area contributed by atoms with Gasteiger partial charge in [0.05, 0.1) is 4.92 Å². The standard InChI is InChI=1S/C15H21N3O2/c1-16-12-8-13-6-7-14(9-12)17(13)10-11-4-2-3-5-15(11)18(19)20/h2-5,12-14,16H,6-10H2,1H3. The molecule has 0 spiro atoms. The van der Waals surface area contributed by atoms with Crippen molar-refractivity contribution in [1.29, 1.82) is 0 Å². The van der Waals surface area contributed by atoms with Crippen molar-refractivity contribution in [2.24, 2.45) is 0 Å². The van der Waals surface area contributed by atoms with Gasteiger partial charge in [0.1, 0.15) is 0 Å². The highest BCUT2D eigenvalue weighted by molar-refractivity contribution is 5.39. The maximum absolute atomic E-state index is 11.1. The van der Waals surface area contributed by atoms with Crippen molar-refractivity contribution in [3.63, 3.8) is 0 Å². The maximum Gasteiger partial charge on any atom is 0.273 e. The van der Waals surface area contributed by atoms with Gasteiger partial charge in [0.2, 0.25) is 0 Å². The number of benzene rings is 1. The lowest BCUT2D eigenvalue weighted by molar-refractivity contribution is -0.385. The molecule has 2 saturated heterocycles. The molecule has 0 saturated carbocycles. The molecule has 5 nitrogen and oxygen atoms in total. The Morgan fingerprint density at radius 3 is 2.55 bits per heavy atom. The SMILES string of the molecule is CNC1CC2CCC(C1)N2Cc1ccccc1[N+](=O)[O-]. The van der Waals surface area contributed by atoms with E-state index in [1.54, 1.807) is 12.1 Å². The van der Waals surface area contributed by atoms with Crippen LogP contribution in [0.3, 0.4) is 0 Å². The maximum atomic E-state index is 11.1. The quantitative estimate of drug-likeness (QED) is 0.676. The van der Waals surface area contributed by atoms with E-state index in [-0.39, 0.29) is 10.6 Å². The number of nitrogens with one attached hydrogen (secondary N) is 1. The first-order valence-corrected chi connectivity index (χ1v) is 7.34. The molecule has 2 aliphatic heterocycles. The van der Waals surface area contributed by atoms with Crippen molar-refractivity contribution >= 4 is 5.69 Å². The van der Waals surface area contributed by atoms with E-state index in [1.165, 1.54) is 12.8 Å². The fourth-order valence-corrected chi connectivity index (χ4v) is 3.79. The van der Waals surface area contributed by atoms with Gasteiger partial charge in [-0.2, -0.15) is 0 Å². The molecule has 3 rings (SSSR count). The Bertz CT molecular complexity index is 492. The van der Waals surface area contributed by atoms with Crippen LogP contribution >= 0.6 is 0 Å². The summed E-state index contributed by atoms with van der Waals surface area (Å²) in [6.45, 7) is 0.711. The minimum Gasteiger partial charge on any atom is -0.317 e. The number of hydrogen-bond acceptors (Lipinski definition) is 4. The number of fused-ring (bicyclic) bond motifs is 2. The zero-order chi connectivity index (χ0) is 14.1. The van der Waals surface area contributed by atoms with Crippen LogP contribution in [0.5, 0.6) is 0 Å². The molecule has 108 valence electrons. The molecule has 0 amide bonds. The van der Waals surface area contributed by atoms with Crippen LogP contribution in [-0.4, -0.2) is 35.0 Å². The Balaban J connectivity index is 1.78. The van der Waals surface area contributed by atoms with E-state index in [2.05, 4.69) is 10.2 Å². The van der Waals surface area contributed by atoms with Crippen molar-refractivity contribution in [1.82, 2.24) is 10.2 Å². The highest BCUT2D eigenvalue weighted by Gasteiger charge is 2.40. The molecule has 5 heteroatoms. The molecular weight excluding hydrogens is 254 g/mol. The molecule has 20 heavy (non-hydrogen) atoms. The van der Waals surface area contributed by atoms with Gasteiger partial charge in [-0.1, -0.05) is 18.2 Å².